The molecule has 1 amide bonds. The van der Waals surface area contributed by atoms with E-state index in [0.29, 0.717) is 6.54 Å². The molecule has 2 aromatic rings. The average Bonchev–Trinajstić information content (AvgIpc) is 2.46. The van der Waals surface area contributed by atoms with Crippen LogP contribution in [0, 0.1) is 0 Å². The minimum absolute atomic E-state index is 0.168. The smallest absolute Gasteiger partial charge is 0.221 e. The second-order valence-corrected chi connectivity index (χ2v) is 5.51. The molecule has 0 aliphatic heterocycles. The first-order valence-electron chi connectivity index (χ1n) is 7.39. The molecule has 2 rings (SSSR count). The molecule has 0 unspecified atom stereocenters. The van der Waals surface area contributed by atoms with Crippen molar-refractivity contribution in [2.45, 2.75) is 32.9 Å². The van der Waals surface area contributed by atoms with E-state index in [2.05, 4.69) is 11.4 Å². The Labute approximate surface area is 131 Å². The zero-order valence-corrected chi connectivity index (χ0v) is 13.0. The Morgan fingerprint density at radius 2 is 1.86 bits per heavy atom. The molecule has 116 valence electrons. The van der Waals surface area contributed by atoms with E-state index in [1.165, 1.54) is 0 Å². The SMILES string of the molecule is CC(C)Oc1cccc(CNc2ccc(CC(N)=O)cc2)c1. The van der Waals surface area contributed by atoms with Gasteiger partial charge in [0.1, 0.15) is 5.75 Å². The lowest BCUT2D eigenvalue weighted by atomic mass is 10.1. The van der Waals surface area contributed by atoms with Gasteiger partial charge in [-0.3, -0.25) is 4.79 Å². The summed E-state index contributed by atoms with van der Waals surface area (Å²) >= 11 is 0. The number of primary amides is 1. The number of anilines is 1. The molecular formula is C18H22N2O2. The van der Waals surface area contributed by atoms with Crippen molar-refractivity contribution in [2.75, 3.05) is 5.32 Å². The molecule has 0 bridgehead atoms. The molecule has 0 heterocycles. The van der Waals surface area contributed by atoms with Gasteiger partial charge in [0, 0.05) is 12.2 Å². The van der Waals surface area contributed by atoms with E-state index < -0.39 is 0 Å². The van der Waals surface area contributed by atoms with E-state index in [0.717, 1.165) is 22.6 Å². The molecule has 4 nitrogen and oxygen atoms in total. The maximum Gasteiger partial charge on any atom is 0.221 e. The summed E-state index contributed by atoms with van der Waals surface area (Å²) in [6.07, 6.45) is 0.440. The number of nitrogens with one attached hydrogen (secondary N) is 1. The highest BCUT2D eigenvalue weighted by Gasteiger charge is 2.01. The number of rotatable bonds is 7. The normalized spacial score (nSPS) is 10.5. The van der Waals surface area contributed by atoms with Crippen molar-refractivity contribution in [2.24, 2.45) is 5.73 Å². The molecule has 0 radical (unpaired) electrons. The van der Waals surface area contributed by atoms with Gasteiger partial charge in [0.15, 0.2) is 0 Å². The number of hydrogen-bond acceptors (Lipinski definition) is 3. The van der Waals surface area contributed by atoms with Crippen LogP contribution in [0.4, 0.5) is 5.69 Å². The Balaban J connectivity index is 1.93. The molecule has 0 saturated heterocycles. The molecule has 0 fully saturated rings. The standard InChI is InChI=1S/C18H22N2O2/c1-13(2)22-17-5-3-4-15(10-17)12-20-16-8-6-14(7-9-16)11-18(19)21/h3-10,13,20H,11-12H2,1-2H3,(H2,19,21). The van der Waals surface area contributed by atoms with Crippen LogP contribution >= 0.6 is 0 Å². The summed E-state index contributed by atoms with van der Waals surface area (Å²) in [6.45, 7) is 4.74. The summed E-state index contributed by atoms with van der Waals surface area (Å²) in [5, 5.41) is 3.35. The Kier molecular flexibility index (Phi) is 5.42. The van der Waals surface area contributed by atoms with Gasteiger partial charge < -0.3 is 15.8 Å². The second kappa shape index (κ2) is 7.50. The maximum absolute atomic E-state index is 10.9. The fourth-order valence-electron chi connectivity index (χ4n) is 2.15. The average molecular weight is 298 g/mol. The molecule has 0 spiro atoms. The predicted octanol–water partition coefficient (Wildman–Crippen LogP) is 3.11. The van der Waals surface area contributed by atoms with Crippen molar-refractivity contribution in [3.63, 3.8) is 0 Å². The molecule has 0 aliphatic carbocycles. The Bertz CT molecular complexity index is 621. The Hall–Kier alpha value is -2.49. The highest BCUT2D eigenvalue weighted by molar-refractivity contribution is 5.76. The van der Waals surface area contributed by atoms with Gasteiger partial charge in [-0.05, 0) is 49.2 Å². The lowest BCUT2D eigenvalue weighted by Gasteiger charge is -2.12. The summed E-state index contributed by atoms with van der Waals surface area (Å²) in [7, 11) is 0. The third-order valence-electron chi connectivity index (χ3n) is 3.10. The third kappa shape index (κ3) is 5.13. The molecule has 0 atom stereocenters. The highest BCUT2D eigenvalue weighted by Crippen LogP contribution is 2.17. The molecule has 4 heteroatoms. The summed E-state index contributed by atoms with van der Waals surface area (Å²) in [4.78, 5) is 10.9. The topological polar surface area (TPSA) is 64.3 Å². The second-order valence-electron chi connectivity index (χ2n) is 5.51. The molecule has 22 heavy (non-hydrogen) atoms. The number of carbonyl (C=O) groups is 1. The van der Waals surface area contributed by atoms with Crippen LogP contribution in [0.5, 0.6) is 5.75 Å². The molecular weight excluding hydrogens is 276 g/mol. The largest absolute Gasteiger partial charge is 0.491 e. The summed E-state index contributed by atoms with van der Waals surface area (Å²) in [6, 6.07) is 15.8. The maximum atomic E-state index is 10.9. The van der Waals surface area contributed by atoms with Gasteiger partial charge in [-0.1, -0.05) is 24.3 Å². The van der Waals surface area contributed by atoms with Gasteiger partial charge in [-0.2, -0.15) is 0 Å². The van der Waals surface area contributed by atoms with Gasteiger partial charge in [-0.25, -0.2) is 0 Å². The predicted molar refractivity (Wildman–Crippen MR) is 88.9 cm³/mol. The van der Waals surface area contributed by atoms with E-state index in [1.807, 2.05) is 56.3 Å². The van der Waals surface area contributed by atoms with Crippen LogP contribution < -0.4 is 15.8 Å². The van der Waals surface area contributed by atoms with Gasteiger partial charge in [0.2, 0.25) is 5.91 Å². The van der Waals surface area contributed by atoms with Crippen molar-refractivity contribution < 1.29 is 9.53 Å². The number of hydrogen-bond donors (Lipinski definition) is 2. The zero-order chi connectivity index (χ0) is 15.9. The Morgan fingerprint density at radius 1 is 1.14 bits per heavy atom. The number of amides is 1. The van der Waals surface area contributed by atoms with Gasteiger partial charge in [0.25, 0.3) is 0 Å². The van der Waals surface area contributed by atoms with Crippen LogP contribution in [0.1, 0.15) is 25.0 Å². The van der Waals surface area contributed by atoms with Crippen LogP contribution in [-0.4, -0.2) is 12.0 Å². The van der Waals surface area contributed by atoms with Gasteiger partial charge in [-0.15, -0.1) is 0 Å². The zero-order valence-electron chi connectivity index (χ0n) is 13.0. The lowest BCUT2D eigenvalue weighted by Crippen LogP contribution is -2.13. The summed E-state index contributed by atoms with van der Waals surface area (Å²) in [5.41, 5.74) is 8.26. The summed E-state index contributed by atoms with van der Waals surface area (Å²) < 4.78 is 5.69. The van der Waals surface area contributed by atoms with E-state index in [1.54, 1.807) is 0 Å². The van der Waals surface area contributed by atoms with Crippen molar-refractivity contribution in [1.29, 1.82) is 0 Å². The van der Waals surface area contributed by atoms with Gasteiger partial charge in [0.05, 0.1) is 12.5 Å². The van der Waals surface area contributed by atoms with Crippen molar-refractivity contribution in [1.82, 2.24) is 0 Å². The highest BCUT2D eigenvalue weighted by atomic mass is 16.5. The number of nitrogens with two attached hydrogens (primary N) is 1. The van der Waals surface area contributed by atoms with E-state index >= 15 is 0 Å². The molecule has 0 aromatic heterocycles. The van der Waals surface area contributed by atoms with Crippen molar-refractivity contribution in [3.8, 4) is 5.75 Å². The van der Waals surface area contributed by atoms with Crippen molar-refractivity contribution in [3.05, 3.63) is 59.7 Å². The molecule has 2 aromatic carbocycles. The van der Waals surface area contributed by atoms with Crippen LogP contribution in [0.25, 0.3) is 0 Å². The first kappa shape index (κ1) is 15.9. The number of carbonyl (C=O) groups excluding carboxylic acids is 1. The molecule has 3 N–H and O–H groups in total. The third-order valence-corrected chi connectivity index (χ3v) is 3.10. The van der Waals surface area contributed by atoms with E-state index in [-0.39, 0.29) is 18.4 Å². The van der Waals surface area contributed by atoms with Crippen molar-refractivity contribution >= 4 is 11.6 Å². The first-order valence-corrected chi connectivity index (χ1v) is 7.39. The monoisotopic (exact) mass is 298 g/mol. The van der Waals surface area contributed by atoms with E-state index in [4.69, 9.17) is 10.5 Å². The fourth-order valence-corrected chi connectivity index (χ4v) is 2.15. The Morgan fingerprint density at radius 3 is 2.50 bits per heavy atom. The summed E-state index contributed by atoms with van der Waals surface area (Å²) in [5.74, 6) is 0.564. The lowest BCUT2D eigenvalue weighted by molar-refractivity contribution is -0.117. The van der Waals surface area contributed by atoms with Crippen LogP contribution in [-0.2, 0) is 17.8 Å². The molecule has 0 saturated carbocycles. The van der Waals surface area contributed by atoms with Gasteiger partial charge >= 0.3 is 0 Å². The number of benzene rings is 2. The van der Waals surface area contributed by atoms with E-state index in [9.17, 15) is 4.79 Å². The number of ether oxygens (including phenoxy) is 1. The fraction of sp³-hybridized carbons (Fsp3) is 0.278. The first-order chi connectivity index (χ1) is 10.5. The minimum atomic E-state index is -0.317. The minimum Gasteiger partial charge on any atom is -0.491 e. The van der Waals surface area contributed by atoms with Crippen LogP contribution in [0.2, 0.25) is 0 Å². The molecule has 0 aliphatic rings. The quantitative estimate of drug-likeness (QED) is 0.825. The van der Waals surface area contributed by atoms with Crippen LogP contribution in [0.3, 0.4) is 0 Å². The van der Waals surface area contributed by atoms with Crippen LogP contribution in [0.15, 0.2) is 48.5 Å².